The first-order valence-corrected chi connectivity index (χ1v) is 7.31. The highest BCUT2D eigenvalue weighted by Gasteiger charge is 2.05. The fourth-order valence-corrected chi connectivity index (χ4v) is 1.97. The van der Waals surface area contributed by atoms with Gasteiger partial charge in [0.1, 0.15) is 11.5 Å². The van der Waals surface area contributed by atoms with Crippen molar-refractivity contribution < 1.29 is 9.47 Å². The zero-order valence-electron chi connectivity index (χ0n) is 12.4. The lowest BCUT2D eigenvalue weighted by Crippen LogP contribution is -2.06. The van der Waals surface area contributed by atoms with Crippen molar-refractivity contribution in [1.82, 2.24) is 4.98 Å². The molecule has 112 valence electrons. The number of aromatic nitrogens is 1. The fraction of sp³-hybridized carbons (Fsp3) is 0.353. The average molecular weight is 286 g/mol. The molecule has 1 aromatic heterocycles. The predicted octanol–water partition coefficient (Wildman–Crippen LogP) is 2.95. The molecule has 0 saturated carbocycles. The van der Waals surface area contributed by atoms with Gasteiger partial charge < -0.3 is 15.2 Å². The summed E-state index contributed by atoms with van der Waals surface area (Å²) in [4.78, 5) is 4.10. The summed E-state index contributed by atoms with van der Waals surface area (Å²) in [6.45, 7) is 3.84. The Bertz CT molecular complexity index is 544. The zero-order chi connectivity index (χ0) is 14.9. The Morgan fingerprint density at radius 3 is 2.76 bits per heavy atom. The number of ether oxygens (including phenoxy) is 2. The summed E-state index contributed by atoms with van der Waals surface area (Å²) >= 11 is 0. The van der Waals surface area contributed by atoms with Gasteiger partial charge >= 0.3 is 0 Å². The van der Waals surface area contributed by atoms with Crippen LogP contribution in [0.1, 0.15) is 24.5 Å². The monoisotopic (exact) mass is 286 g/mol. The molecular formula is C17H22N2O2. The van der Waals surface area contributed by atoms with Crippen molar-refractivity contribution in [3.05, 3.63) is 53.9 Å². The second kappa shape index (κ2) is 8.27. The van der Waals surface area contributed by atoms with Crippen LogP contribution in [0, 0.1) is 0 Å². The summed E-state index contributed by atoms with van der Waals surface area (Å²) in [5, 5.41) is 0. The van der Waals surface area contributed by atoms with E-state index in [0.717, 1.165) is 35.5 Å². The molecule has 21 heavy (non-hydrogen) atoms. The Hall–Kier alpha value is -2.07. The number of hydrogen-bond donors (Lipinski definition) is 1. The third-order valence-electron chi connectivity index (χ3n) is 3.10. The molecule has 0 unspecified atom stereocenters. The second-order valence-corrected chi connectivity index (χ2v) is 4.78. The quantitative estimate of drug-likeness (QED) is 0.810. The molecule has 0 aliphatic heterocycles. The Morgan fingerprint density at radius 2 is 2.05 bits per heavy atom. The van der Waals surface area contributed by atoms with Crippen LogP contribution in [0.15, 0.2) is 42.7 Å². The van der Waals surface area contributed by atoms with Crippen LogP contribution in [-0.4, -0.2) is 18.2 Å². The van der Waals surface area contributed by atoms with E-state index in [-0.39, 0.29) is 0 Å². The van der Waals surface area contributed by atoms with Gasteiger partial charge in [0.15, 0.2) is 0 Å². The van der Waals surface area contributed by atoms with Crippen molar-refractivity contribution in [2.24, 2.45) is 5.73 Å². The minimum atomic E-state index is 0.455. The molecule has 0 fully saturated rings. The van der Waals surface area contributed by atoms with Gasteiger partial charge in [0, 0.05) is 37.0 Å². The molecule has 4 nitrogen and oxygen atoms in total. The molecule has 4 heteroatoms. The minimum absolute atomic E-state index is 0.455. The Balaban J connectivity index is 1.96. The maximum Gasteiger partial charge on any atom is 0.127 e. The first-order valence-electron chi connectivity index (χ1n) is 7.31. The van der Waals surface area contributed by atoms with Crippen LogP contribution in [0.3, 0.4) is 0 Å². The molecule has 0 aliphatic rings. The van der Waals surface area contributed by atoms with Gasteiger partial charge in [0.2, 0.25) is 0 Å². The van der Waals surface area contributed by atoms with Crippen molar-refractivity contribution in [3.63, 3.8) is 0 Å². The van der Waals surface area contributed by atoms with E-state index in [1.54, 1.807) is 6.20 Å². The van der Waals surface area contributed by atoms with Gasteiger partial charge in [-0.05, 0) is 24.1 Å². The molecule has 2 N–H and O–H groups in total. The van der Waals surface area contributed by atoms with Crippen LogP contribution in [-0.2, 0) is 13.0 Å². The lowest BCUT2D eigenvalue weighted by molar-refractivity contribution is 0.301. The molecule has 0 aliphatic carbocycles. The summed E-state index contributed by atoms with van der Waals surface area (Å²) in [7, 11) is 0. The van der Waals surface area contributed by atoms with Gasteiger partial charge in [-0.25, -0.2) is 0 Å². The largest absolute Gasteiger partial charge is 0.493 e. The predicted molar refractivity (Wildman–Crippen MR) is 83.6 cm³/mol. The van der Waals surface area contributed by atoms with Crippen molar-refractivity contribution in [2.45, 2.75) is 26.3 Å². The summed E-state index contributed by atoms with van der Waals surface area (Å²) < 4.78 is 11.5. The molecule has 0 amide bonds. The van der Waals surface area contributed by atoms with E-state index in [9.17, 15) is 0 Å². The van der Waals surface area contributed by atoms with Gasteiger partial charge in [-0.15, -0.1) is 0 Å². The van der Waals surface area contributed by atoms with E-state index in [4.69, 9.17) is 15.2 Å². The number of rotatable bonds is 8. The maximum absolute atomic E-state index is 5.86. The summed E-state index contributed by atoms with van der Waals surface area (Å²) in [6.07, 6.45) is 5.42. The Labute approximate surface area is 125 Å². The van der Waals surface area contributed by atoms with E-state index < -0.39 is 0 Å². The van der Waals surface area contributed by atoms with Crippen molar-refractivity contribution in [2.75, 3.05) is 13.2 Å². The number of nitrogens with zero attached hydrogens (tertiary/aromatic N) is 1. The van der Waals surface area contributed by atoms with Crippen molar-refractivity contribution >= 4 is 0 Å². The standard InChI is InChI=1S/C17H22N2O2/c1-2-9-20-16-6-5-15(12-18)17(11-16)21-10-7-14-4-3-8-19-13-14/h3-6,8,11,13H,2,7,9-10,12,18H2,1H3. The van der Waals surface area contributed by atoms with Gasteiger partial charge in [-0.3, -0.25) is 4.98 Å². The molecule has 2 aromatic rings. The number of nitrogens with two attached hydrogens (primary N) is 1. The first-order chi connectivity index (χ1) is 10.3. The summed E-state index contributed by atoms with van der Waals surface area (Å²) in [5.41, 5.74) is 7.90. The van der Waals surface area contributed by atoms with Crippen LogP contribution in [0.5, 0.6) is 11.5 Å². The number of hydrogen-bond acceptors (Lipinski definition) is 4. The molecule has 0 bridgehead atoms. The smallest absolute Gasteiger partial charge is 0.127 e. The van der Waals surface area contributed by atoms with Crippen LogP contribution in [0.4, 0.5) is 0 Å². The molecule has 0 atom stereocenters. The zero-order valence-corrected chi connectivity index (χ0v) is 12.4. The molecule has 2 rings (SSSR count). The molecule has 0 radical (unpaired) electrons. The van der Waals surface area contributed by atoms with E-state index in [1.165, 1.54) is 0 Å². The average Bonchev–Trinajstić information content (AvgIpc) is 2.54. The highest BCUT2D eigenvalue weighted by Crippen LogP contribution is 2.25. The molecular weight excluding hydrogens is 264 g/mol. The van der Waals surface area contributed by atoms with Gasteiger partial charge in [0.05, 0.1) is 13.2 Å². The fourth-order valence-electron chi connectivity index (χ4n) is 1.97. The van der Waals surface area contributed by atoms with Crippen LogP contribution >= 0.6 is 0 Å². The highest BCUT2D eigenvalue weighted by atomic mass is 16.5. The minimum Gasteiger partial charge on any atom is -0.493 e. The number of benzene rings is 1. The third-order valence-corrected chi connectivity index (χ3v) is 3.10. The second-order valence-electron chi connectivity index (χ2n) is 4.78. The molecule has 0 spiro atoms. The van der Waals surface area contributed by atoms with Gasteiger partial charge in [-0.1, -0.05) is 19.1 Å². The maximum atomic E-state index is 5.86. The number of pyridine rings is 1. The van der Waals surface area contributed by atoms with E-state index in [0.29, 0.717) is 19.8 Å². The van der Waals surface area contributed by atoms with Crippen molar-refractivity contribution in [1.29, 1.82) is 0 Å². The SMILES string of the molecule is CCCOc1ccc(CN)c(OCCc2cccnc2)c1. The van der Waals surface area contributed by atoms with E-state index in [1.807, 2.05) is 36.5 Å². The van der Waals surface area contributed by atoms with Gasteiger partial charge in [-0.2, -0.15) is 0 Å². The Kier molecular flexibility index (Phi) is 6.03. The lowest BCUT2D eigenvalue weighted by Gasteiger charge is -2.13. The topological polar surface area (TPSA) is 57.4 Å². The lowest BCUT2D eigenvalue weighted by atomic mass is 10.2. The van der Waals surface area contributed by atoms with Crippen LogP contribution < -0.4 is 15.2 Å². The van der Waals surface area contributed by atoms with E-state index >= 15 is 0 Å². The normalized spacial score (nSPS) is 10.4. The third kappa shape index (κ3) is 4.76. The van der Waals surface area contributed by atoms with Gasteiger partial charge in [0.25, 0.3) is 0 Å². The van der Waals surface area contributed by atoms with E-state index in [2.05, 4.69) is 11.9 Å². The molecule has 0 saturated heterocycles. The first kappa shape index (κ1) is 15.3. The summed E-state index contributed by atoms with van der Waals surface area (Å²) in [6, 6.07) is 9.79. The molecule has 1 aromatic carbocycles. The molecule has 1 heterocycles. The van der Waals surface area contributed by atoms with Crippen molar-refractivity contribution in [3.8, 4) is 11.5 Å². The van der Waals surface area contributed by atoms with Crippen LogP contribution in [0.2, 0.25) is 0 Å². The van der Waals surface area contributed by atoms with Crippen LogP contribution in [0.25, 0.3) is 0 Å². The summed E-state index contributed by atoms with van der Waals surface area (Å²) in [5.74, 6) is 1.63. The Morgan fingerprint density at radius 1 is 1.14 bits per heavy atom. The highest BCUT2D eigenvalue weighted by molar-refractivity contribution is 5.40.